The Morgan fingerprint density at radius 1 is 1.42 bits per heavy atom. The Morgan fingerprint density at radius 3 is 2.79 bits per heavy atom. The van der Waals surface area contributed by atoms with E-state index in [-0.39, 0.29) is 6.09 Å². The van der Waals surface area contributed by atoms with Crippen LogP contribution in [-0.4, -0.2) is 48.8 Å². The van der Waals surface area contributed by atoms with Gasteiger partial charge in [0.2, 0.25) is 0 Å². The largest absolute Gasteiger partial charge is 0.444 e. The Labute approximate surface area is 116 Å². The maximum Gasteiger partial charge on any atom is 0.410 e. The summed E-state index contributed by atoms with van der Waals surface area (Å²) in [6, 6.07) is 0.388. The van der Waals surface area contributed by atoms with Crippen molar-refractivity contribution in [2.24, 2.45) is 5.73 Å². The van der Waals surface area contributed by atoms with Crippen LogP contribution in [-0.2, 0) is 4.74 Å². The van der Waals surface area contributed by atoms with Crippen LogP contribution >= 0.6 is 0 Å². The van der Waals surface area contributed by atoms with E-state index in [1.165, 1.54) is 0 Å². The second-order valence-corrected chi connectivity index (χ2v) is 6.22. The molecule has 1 amide bonds. The number of nitrogens with two attached hydrogens (primary N) is 1. The first-order valence-corrected chi connectivity index (χ1v) is 7.34. The minimum absolute atomic E-state index is 0.194. The molecule has 1 aliphatic rings. The molecule has 0 aromatic rings. The predicted octanol–water partition coefficient (Wildman–Crippen LogP) is 1.71. The van der Waals surface area contributed by atoms with Gasteiger partial charge < -0.3 is 20.7 Å². The fourth-order valence-corrected chi connectivity index (χ4v) is 2.21. The van der Waals surface area contributed by atoms with E-state index in [0.29, 0.717) is 6.04 Å². The topological polar surface area (TPSA) is 67.6 Å². The number of unbranched alkanes of at least 4 members (excludes halogenated alkanes) is 1. The van der Waals surface area contributed by atoms with Gasteiger partial charge in [-0.05, 0) is 59.5 Å². The van der Waals surface area contributed by atoms with Crippen molar-refractivity contribution in [3.05, 3.63) is 0 Å². The fourth-order valence-electron chi connectivity index (χ4n) is 2.21. The second kappa shape index (κ2) is 7.70. The first kappa shape index (κ1) is 16.2. The van der Waals surface area contributed by atoms with Crippen LogP contribution in [0, 0.1) is 0 Å². The number of rotatable bonds is 5. The molecular weight excluding hydrogens is 242 g/mol. The number of hydrogen-bond donors (Lipinski definition) is 2. The maximum absolute atomic E-state index is 12.0. The number of nitrogens with zero attached hydrogens (tertiary/aromatic N) is 1. The van der Waals surface area contributed by atoms with Crippen molar-refractivity contribution in [1.29, 1.82) is 0 Å². The summed E-state index contributed by atoms with van der Waals surface area (Å²) in [6.07, 6.45) is 4.12. The van der Waals surface area contributed by atoms with Gasteiger partial charge in [-0.1, -0.05) is 0 Å². The van der Waals surface area contributed by atoms with E-state index in [2.05, 4.69) is 5.32 Å². The van der Waals surface area contributed by atoms with Crippen LogP contribution in [0.25, 0.3) is 0 Å². The van der Waals surface area contributed by atoms with Gasteiger partial charge in [-0.15, -0.1) is 0 Å². The maximum atomic E-state index is 12.0. The van der Waals surface area contributed by atoms with Crippen LogP contribution in [0.5, 0.6) is 0 Å². The van der Waals surface area contributed by atoms with Gasteiger partial charge in [0.05, 0.1) is 0 Å². The first-order valence-electron chi connectivity index (χ1n) is 7.34. The zero-order chi connectivity index (χ0) is 14.3. The summed E-state index contributed by atoms with van der Waals surface area (Å²) in [5, 5.41) is 3.50. The molecule has 0 saturated carbocycles. The molecule has 1 rings (SSSR count). The second-order valence-electron chi connectivity index (χ2n) is 6.22. The van der Waals surface area contributed by atoms with E-state index in [1.807, 2.05) is 25.7 Å². The molecule has 3 N–H and O–H groups in total. The van der Waals surface area contributed by atoms with Crippen molar-refractivity contribution in [1.82, 2.24) is 10.2 Å². The third kappa shape index (κ3) is 6.78. The number of nitrogens with one attached hydrogen (secondary N) is 1. The van der Waals surface area contributed by atoms with Gasteiger partial charge in [0.1, 0.15) is 5.60 Å². The quantitative estimate of drug-likeness (QED) is 0.747. The van der Waals surface area contributed by atoms with Crippen LogP contribution in [0.1, 0.15) is 46.5 Å². The van der Waals surface area contributed by atoms with E-state index in [4.69, 9.17) is 10.5 Å². The highest BCUT2D eigenvalue weighted by Crippen LogP contribution is 2.15. The molecule has 0 aromatic carbocycles. The highest BCUT2D eigenvalue weighted by Gasteiger charge is 2.27. The SMILES string of the molecule is CC(C)(C)OC(=O)N1CCCC(NCCCCN)C1. The minimum Gasteiger partial charge on any atom is -0.444 e. The molecule has 112 valence electrons. The summed E-state index contributed by atoms with van der Waals surface area (Å²) < 4.78 is 5.41. The van der Waals surface area contributed by atoms with Gasteiger partial charge in [0, 0.05) is 19.1 Å². The Kier molecular flexibility index (Phi) is 6.58. The van der Waals surface area contributed by atoms with Gasteiger partial charge >= 0.3 is 6.09 Å². The monoisotopic (exact) mass is 271 g/mol. The summed E-state index contributed by atoms with van der Waals surface area (Å²) in [5.74, 6) is 0. The molecule has 0 spiro atoms. The molecule has 1 heterocycles. The van der Waals surface area contributed by atoms with E-state index in [0.717, 1.165) is 51.9 Å². The average molecular weight is 271 g/mol. The van der Waals surface area contributed by atoms with Gasteiger partial charge in [0.25, 0.3) is 0 Å². The molecule has 1 fully saturated rings. The molecule has 5 heteroatoms. The van der Waals surface area contributed by atoms with Gasteiger partial charge in [0.15, 0.2) is 0 Å². The molecule has 5 nitrogen and oxygen atoms in total. The minimum atomic E-state index is -0.418. The number of carbonyl (C=O) groups excluding carboxylic acids is 1. The normalized spacial score (nSPS) is 20.4. The predicted molar refractivity (Wildman–Crippen MR) is 77.1 cm³/mol. The van der Waals surface area contributed by atoms with Gasteiger partial charge in [-0.25, -0.2) is 4.79 Å². The van der Waals surface area contributed by atoms with Gasteiger partial charge in [-0.2, -0.15) is 0 Å². The number of ether oxygens (including phenoxy) is 1. The lowest BCUT2D eigenvalue weighted by atomic mass is 10.1. The van der Waals surface area contributed by atoms with E-state index < -0.39 is 5.60 Å². The summed E-state index contributed by atoms with van der Waals surface area (Å²) >= 11 is 0. The standard InChI is InChI=1S/C14H29N3O2/c1-14(2,3)19-13(18)17-10-6-7-12(11-17)16-9-5-4-8-15/h12,16H,4-11,15H2,1-3H3. The van der Waals surface area contributed by atoms with Crippen LogP contribution in [0.15, 0.2) is 0 Å². The molecule has 1 saturated heterocycles. The molecule has 1 atom stereocenters. The number of likely N-dealkylation sites (tertiary alicyclic amines) is 1. The number of hydrogen-bond acceptors (Lipinski definition) is 4. The van der Waals surface area contributed by atoms with Crippen molar-refractivity contribution in [3.63, 3.8) is 0 Å². The highest BCUT2D eigenvalue weighted by molar-refractivity contribution is 5.68. The fraction of sp³-hybridized carbons (Fsp3) is 0.929. The van der Waals surface area contributed by atoms with Crippen molar-refractivity contribution in [2.45, 2.75) is 58.1 Å². The van der Waals surface area contributed by atoms with Gasteiger partial charge in [-0.3, -0.25) is 0 Å². The zero-order valence-corrected chi connectivity index (χ0v) is 12.6. The van der Waals surface area contributed by atoms with Crippen LogP contribution < -0.4 is 11.1 Å². The Balaban J connectivity index is 2.31. The Morgan fingerprint density at radius 2 is 2.16 bits per heavy atom. The molecule has 19 heavy (non-hydrogen) atoms. The van der Waals surface area contributed by atoms with Crippen LogP contribution in [0.4, 0.5) is 4.79 Å². The summed E-state index contributed by atoms with van der Waals surface area (Å²) in [5.41, 5.74) is 5.05. The summed E-state index contributed by atoms with van der Waals surface area (Å²) in [7, 11) is 0. The third-order valence-electron chi connectivity index (χ3n) is 3.14. The number of carbonyl (C=O) groups is 1. The summed E-state index contributed by atoms with van der Waals surface area (Å²) in [6.45, 7) is 8.97. The van der Waals surface area contributed by atoms with Crippen molar-refractivity contribution in [2.75, 3.05) is 26.2 Å². The first-order chi connectivity index (χ1) is 8.92. The van der Waals surface area contributed by atoms with E-state index in [9.17, 15) is 4.79 Å². The molecule has 0 bridgehead atoms. The smallest absolute Gasteiger partial charge is 0.410 e. The lowest BCUT2D eigenvalue weighted by molar-refractivity contribution is 0.0188. The lowest BCUT2D eigenvalue weighted by Crippen LogP contribution is -2.49. The zero-order valence-electron chi connectivity index (χ0n) is 12.6. The average Bonchev–Trinajstić information content (AvgIpc) is 2.33. The third-order valence-corrected chi connectivity index (χ3v) is 3.14. The Bertz CT molecular complexity index is 276. The molecule has 1 aliphatic heterocycles. The van der Waals surface area contributed by atoms with E-state index >= 15 is 0 Å². The molecule has 1 unspecified atom stereocenters. The van der Waals surface area contributed by atoms with Crippen molar-refractivity contribution in [3.8, 4) is 0 Å². The lowest BCUT2D eigenvalue weighted by Gasteiger charge is -2.34. The molecule has 0 aromatic heterocycles. The van der Waals surface area contributed by atoms with Crippen molar-refractivity contribution < 1.29 is 9.53 Å². The van der Waals surface area contributed by atoms with Crippen molar-refractivity contribution >= 4 is 6.09 Å². The molecular formula is C14H29N3O2. The van der Waals surface area contributed by atoms with Crippen LogP contribution in [0.2, 0.25) is 0 Å². The molecule has 0 aliphatic carbocycles. The highest BCUT2D eigenvalue weighted by atomic mass is 16.6. The number of amides is 1. The van der Waals surface area contributed by atoms with E-state index in [1.54, 1.807) is 0 Å². The molecule has 0 radical (unpaired) electrons. The number of piperidine rings is 1. The Hall–Kier alpha value is -0.810. The summed E-state index contributed by atoms with van der Waals surface area (Å²) in [4.78, 5) is 13.8. The van der Waals surface area contributed by atoms with Crippen LogP contribution in [0.3, 0.4) is 0 Å².